The Bertz CT molecular complexity index is 336. The number of hydrogen-bond acceptors (Lipinski definition) is 4. The largest absolute Gasteiger partial charge is 0.479 e. The molecule has 0 aromatic carbocycles. The number of nitrogens with zero attached hydrogens (tertiary/aromatic N) is 1. The number of amides is 1. The molecule has 15 heavy (non-hydrogen) atoms. The summed E-state index contributed by atoms with van der Waals surface area (Å²) in [6.07, 6.45) is 0.386. The second-order valence-electron chi connectivity index (χ2n) is 2.74. The SMILES string of the molecule is COC(CNC(=O)c1ccn[nH]1)C(=O)O. The number of carbonyl (C=O) groups is 2. The maximum Gasteiger partial charge on any atom is 0.334 e. The maximum atomic E-state index is 11.3. The van der Waals surface area contributed by atoms with E-state index in [0.29, 0.717) is 0 Å². The lowest BCUT2D eigenvalue weighted by Gasteiger charge is -2.10. The van der Waals surface area contributed by atoms with Gasteiger partial charge in [0.15, 0.2) is 6.10 Å². The molecule has 0 fully saturated rings. The average molecular weight is 213 g/mol. The van der Waals surface area contributed by atoms with Crippen LogP contribution in [0.25, 0.3) is 0 Å². The Balaban J connectivity index is 2.43. The Labute approximate surface area is 85.4 Å². The molecule has 1 aromatic heterocycles. The monoisotopic (exact) mass is 213 g/mol. The van der Waals surface area contributed by atoms with Crippen LogP contribution in [0.1, 0.15) is 10.5 Å². The lowest BCUT2D eigenvalue weighted by molar-refractivity contribution is -0.148. The van der Waals surface area contributed by atoms with Gasteiger partial charge >= 0.3 is 5.97 Å². The topological polar surface area (TPSA) is 104 Å². The van der Waals surface area contributed by atoms with Crippen molar-refractivity contribution in [3.8, 4) is 0 Å². The molecule has 0 aliphatic rings. The van der Waals surface area contributed by atoms with Gasteiger partial charge in [0.05, 0.1) is 6.54 Å². The number of carbonyl (C=O) groups excluding carboxylic acids is 1. The number of carboxylic acid groups (broad SMARTS) is 1. The third-order valence-corrected chi connectivity index (χ3v) is 1.75. The molecule has 7 heteroatoms. The fraction of sp³-hybridized carbons (Fsp3) is 0.375. The standard InChI is InChI=1S/C8H11N3O4/c1-15-6(8(13)14)4-9-7(12)5-2-3-10-11-5/h2-3,6H,4H2,1H3,(H,9,12)(H,10,11)(H,13,14). The van der Waals surface area contributed by atoms with Crippen molar-refractivity contribution in [2.75, 3.05) is 13.7 Å². The molecule has 0 aliphatic carbocycles. The number of ether oxygens (including phenoxy) is 1. The second-order valence-corrected chi connectivity index (χ2v) is 2.74. The Morgan fingerprint density at radius 3 is 2.93 bits per heavy atom. The molecule has 3 N–H and O–H groups in total. The van der Waals surface area contributed by atoms with Crippen LogP contribution in [-0.2, 0) is 9.53 Å². The summed E-state index contributed by atoms with van der Waals surface area (Å²) in [5.41, 5.74) is 0.273. The number of nitrogens with one attached hydrogen (secondary N) is 2. The highest BCUT2D eigenvalue weighted by molar-refractivity contribution is 5.92. The van der Waals surface area contributed by atoms with Crippen molar-refractivity contribution in [1.29, 1.82) is 0 Å². The molecule has 0 saturated carbocycles. The number of aromatic nitrogens is 2. The second kappa shape index (κ2) is 5.11. The van der Waals surface area contributed by atoms with Crippen LogP contribution in [0.2, 0.25) is 0 Å². The van der Waals surface area contributed by atoms with Crippen LogP contribution in [0.3, 0.4) is 0 Å². The van der Waals surface area contributed by atoms with Crippen molar-refractivity contribution in [2.45, 2.75) is 6.10 Å². The van der Waals surface area contributed by atoms with Crippen molar-refractivity contribution >= 4 is 11.9 Å². The summed E-state index contributed by atoms with van der Waals surface area (Å²) in [4.78, 5) is 21.9. The number of aliphatic carboxylic acids is 1. The predicted molar refractivity (Wildman–Crippen MR) is 49.4 cm³/mol. The van der Waals surface area contributed by atoms with E-state index < -0.39 is 18.0 Å². The van der Waals surface area contributed by atoms with Crippen molar-refractivity contribution in [3.63, 3.8) is 0 Å². The minimum atomic E-state index is -1.12. The van der Waals surface area contributed by atoms with Gasteiger partial charge in [0, 0.05) is 13.3 Å². The van der Waals surface area contributed by atoms with Gasteiger partial charge in [0.2, 0.25) is 0 Å². The molecule has 0 radical (unpaired) electrons. The molecule has 1 rings (SSSR count). The molecule has 1 aromatic rings. The van der Waals surface area contributed by atoms with Crippen LogP contribution >= 0.6 is 0 Å². The first-order valence-corrected chi connectivity index (χ1v) is 4.18. The Morgan fingerprint density at radius 1 is 1.73 bits per heavy atom. The van der Waals surface area contributed by atoms with E-state index in [-0.39, 0.29) is 12.2 Å². The number of H-pyrrole nitrogens is 1. The molecular weight excluding hydrogens is 202 g/mol. The number of carboxylic acids is 1. The van der Waals surface area contributed by atoms with Gasteiger partial charge in [0.1, 0.15) is 5.69 Å². The van der Waals surface area contributed by atoms with Gasteiger partial charge in [-0.15, -0.1) is 0 Å². The molecular formula is C8H11N3O4. The number of rotatable bonds is 5. The molecule has 1 amide bonds. The van der Waals surface area contributed by atoms with E-state index in [0.717, 1.165) is 0 Å². The van der Waals surface area contributed by atoms with Gasteiger partial charge in [-0.05, 0) is 6.07 Å². The quantitative estimate of drug-likeness (QED) is 0.596. The fourth-order valence-electron chi connectivity index (χ4n) is 0.934. The Hall–Kier alpha value is -1.89. The van der Waals surface area contributed by atoms with E-state index in [2.05, 4.69) is 20.3 Å². The Kier molecular flexibility index (Phi) is 3.81. The van der Waals surface area contributed by atoms with Gasteiger partial charge < -0.3 is 15.2 Å². The summed E-state index contributed by atoms with van der Waals surface area (Å²) in [6, 6.07) is 1.48. The normalized spacial score (nSPS) is 12.1. The zero-order valence-electron chi connectivity index (χ0n) is 8.06. The van der Waals surface area contributed by atoms with E-state index in [1.165, 1.54) is 19.4 Å². The minimum absolute atomic E-state index is 0.0936. The van der Waals surface area contributed by atoms with Crippen LogP contribution < -0.4 is 5.32 Å². The van der Waals surface area contributed by atoms with Crippen molar-refractivity contribution in [1.82, 2.24) is 15.5 Å². The molecule has 0 bridgehead atoms. The van der Waals surface area contributed by atoms with Crippen LogP contribution in [0.5, 0.6) is 0 Å². The van der Waals surface area contributed by atoms with E-state index in [1.807, 2.05) is 0 Å². The molecule has 7 nitrogen and oxygen atoms in total. The van der Waals surface area contributed by atoms with Gasteiger partial charge in [0.25, 0.3) is 5.91 Å². The number of hydrogen-bond donors (Lipinski definition) is 3. The third-order valence-electron chi connectivity index (χ3n) is 1.75. The predicted octanol–water partition coefficient (Wildman–Crippen LogP) is -0.761. The number of methoxy groups -OCH3 is 1. The van der Waals surface area contributed by atoms with Crippen molar-refractivity contribution in [2.24, 2.45) is 0 Å². The van der Waals surface area contributed by atoms with Gasteiger partial charge in [-0.25, -0.2) is 4.79 Å². The number of aromatic amines is 1. The van der Waals surface area contributed by atoms with Crippen molar-refractivity contribution < 1.29 is 19.4 Å². The first-order chi connectivity index (χ1) is 7.15. The van der Waals surface area contributed by atoms with Crippen LogP contribution in [0.15, 0.2) is 12.3 Å². The fourth-order valence-corrected chi connectivity index (χ4v) is 0.934. The summed E-state index contributed by atoms with van der Waals surface area (Å²) in [6.45, 7) is -0.0936. The van der Waals surface area contributed by atoms with Crippen molar-refractivity contribution in [3.05, 3.63) is 18.0 Å². The van der Waals surface area contributed by atoms with Gasteiger partial charge in [-0.3, -0.25) is 9.89 Å². The van der Waals surface area contributed by atoms with Gasteiger partial charge in [-0.1, -0.05) is 0 Å². The molecule has 1 unspecified atom stereocenters. The lowest BCUT2D eigenvalue weighted by atomic mass is 10.3. The summed E-state index contributed by atoms with van der Waals surface area (Å²) in [7, 11) is 1.27. The molecule has 0 aliphatic heterocycles. The van der Waals surface area contributed by atoms with Crippen LogP contribution in [-0.4, -0.2) is 46.9 Å². The smallest absolute Gasteiger partial charge is 0.334 e. The zero-order valence-corrected chi connectivity index (χ0v) is 8.06. The van der Waals surface area contributed by atoms with Crippen LogP contribution in [0.4, 0.5) is 0 Å². The summed E-state index contributed by atoms with van der Waals surface area (Å²) in [5, 5.41) is 17.1. The zero-order chi connectivity index (χ0) is 11.3. The molecule has 82 valence electrons. The summed E-state index contributed by atoms with van der Waals surface area (Å²) in [5.74, 6) is -1.54. The first-order valence-electron chi connectivity index (χ1n) is 4.18. The first kappa shape index (κ1) is 11.2. The van der Waals surface area contributed by atoms with E-state index in [1.54, 1.807) is 0 Å². The third kappa shape index (κ3) is 3.06. The van der Waals surface area contributed by atoms with E-state index >= 15 is 0 Å². The molecule has 0 spiro atoms. The average Bonchev–Trinajstić information content (AvgIpc) is 2.70. The highest BCUT2D eigenvalue weighted by Gasteiger charge is 2.17. The minimum Gasteiger partial charge on any atom is -0.479 e. The van der Waals surface area contributed by atoms with E-state index in [4.69, 9.17) is 5.11 Å². The highest BCUT2D eigenvalue weighted by Crippen LogP contribution is 1.93. The lowest BCUT2D eigenvalue weighted by Crippen LogP contribution is -2.37. The maximum absolute atomic E-state index is 11.3. The summed E-state index contributed by atoms with van der Waals surface area (Å²) < 4.78 is 4.64. The molecule has 0 saturated heterocycles. The Morgan fingerprint density at radius 2 is 2.47 bits per heavy atom. The molecule has 1 heterocycles. The molecule has 1 atom stereocenters. The highest BCUT2D eigenvalue weighted by atomic mass is 16.5. The van der Waals surface area contributed by atoms with E-state index in [9.17, 15) is 9.59 Å². The summed E-state index contributed by atoms with van der Waals surface area (Å²) >= 11 is 0. The van der Waals surface area contributed by atoms with Gasteiger partial charge in [-0.2, -0.15) is 5.10 Å². The van der Waals surface area contributed by atoms with Crippen LogP contribution in [0, 0.1) is 0 Å².